The minimum atomic E-state index is -0.213. The Labute approximate surface area is 225 Å². The SMILES string of the molecule is CCOc1cc(C=Nn2c([C@@H](C)CC)nc3ccc(Br)cc3c2=O)c(Br)c(Br)c1O[C@@H](C)CC. The Bertz CT molecular complexity index is 1270. The highest BCUT2D eigenvalue weighted by Crippen LogP contribution is 2.43. The maximum atomic E-state index is 13.4. The predicted molar refractivity (Wildman–Crippen MR) is 149 cm³/mol. The largest absolute Gasteiger partial charge is 0.490 e. The van der Waals surface area contributed by atoms with Crippen LogP contribution in [0.5, 0.6) is 11.5 Å². The Kier molecular flexibility index (Phi) is 9.34. The van der Waals surface area contributed by atoms with Gasteiger partial charge in [-0.3, -0.25) is 4.79 Å². The second-order valence-electron chi connectivity index (χ2n) is 7.99. The number of rotatable bonds is 9. The molecule has 0 spiro atoms. The summed E-state index contributed by atoms with van der Waals surface area (Å²) in [4.78, 5) is 18.2. The Morgan fingerprint density at radius 2 is 1.82 bits per heavy atom. The van der Waals surface area contributed by atoms with E-state index >= 15 is 0 Å². The zero-order valence-electron chi connectivity index (χ0n) is 19.9. The molecule has 3 rings (SSSR count). The van der Waals surface area contributed by atoms with Crippen LogP contribution in [0.2, 0.25) is 0 Å². The molecule has 1 aromatic heterocycles. The molecule has 2 aromatic carbocycles. The maximum absolute atomic E-state index is 13.4. The van der Waals surface area contributed by atoms with Crippen molar-refractivity contribution < 1.29 is 9.47 Å². The highest BCUT2D eigenvalue weighted by atomic mass is 79.9. The van der Waals surface area contributed by atoms with Crippen LogP contribution in [-0.2, 0) is 0 Å². The number of aromatic nitrogens is 2. The third-order valence-electron chi connectivity index (χ3n) is 5.55. The Balaban J connectivity index is 2.17. The fraction of sp³-hybridized carbons (Fsp3) is 0.400. The zero-order valence-corrected chi connectivity index (χ0v) is 24.6. The van der Waals surface area contributed by atoms with E-state index in [4.69, 9.17) is 14.5 Å². The number of hydrogen-bond donors (Lipinski definition) is 0. The topological polar surface area (TPSA) is 65.7 Å². The summed E-state index contributed by atoms with van der Waals surface area (Å²) in [7, 11) is 0. The first-order valence-electron chi connectivity index (χ1n) is 11.3. The molecule has 0 saturated carbocycles. The van der Waals surface area contributed by atoms with Crippen LogP contribution in [0.3, 0.4) is 0 Å². The van der Waals surface area contributed by atoms with Crippen LogP contribution in [0.1, 0.15) is 64.8 Å². The Hall–Kier alpha value is -1.71. The van der Waals surface area contributed by atoms with E-state index in [2.05, 4.69) is 66.7 Å². The molecule has 0 aliphatic heterocycles. The van der Waals surface area contributed by atoms with Gasteiger partial charge in [-0.25, -0.2) is 4.98 Å². The van der Waals surface area contributed by atoms with Crippen molar-refractivity contribution in [3.8, 4) is 11.5 Å². The number of benzene rings is 2. The second kappa shape index (κ2) is 11.8. The molecule has 6 nitrogen and oxygen atoms in total. The third kappa shape index (κ3) is 5.74. The molecule has 9 heteroatoms. The van der Waals surface area contributed by atoms with Gasteiger partial charge in [0.05, 0.1) is 34.3 Å². The first-order chi connectivity index (χ1) is 16.2. The first kappa shape index (κ1) is 26.9. The van der Waals surface area contributed by atoms with Crippen LogP contribution in [-0.4, -0.2) is 28.6 Å². The molecule has 0 unspecified atom stereocenters. The summed E-state index contributed by atoms with van der Waals surface area (Å²) in [6, 6.07) is 7.37. The average molecular weight is 658 g/mol. The molecule has 0 aliphatic carbocycles. The van der Waals surface area contributed by atoms with Gasteiger partial charge in [0, 0.05) is 20.4 Å². The lowest BCUT2D eigenvalue weighted by atomic mass is 10.1. The molecule has 34 heavy (non-hydrogen) atoms. The quantitative estimate of drug-likeness (QED) is 0.222. The van der Waals surface area contributed by atoms with Crippen LogP contribution in [0.25, 0.3) is 10.9 Å². The van der Waals surface area contributed by atoms with Gasteiger partial charge >= 0.3 is 0 Å². The standard InChI is InChI=1S/C25H28Br3N3O3/c1-6-14(4)24-30-19-10-9-17(26)12-18(19)25(32)31(24)29-13-16-11-20(33-8-3)23(22(28)21(16)27)34-15(5)7-2/h9-15H,6-8H2,1-5H3/t14-,15-/m0/s1. The number of ether oxygens (including phenoxy) is 2. The number of hydrogen-bond acceptors (Lipinski definition) is 5. The second-order valence-corrected chi connectivity index (χ2v) is 10.5. The fourth-order valence-corrected chi connectivity index (χ4v) is 4.53. The van der Waals surface area contributed by atoms with Crippen molar-refractivity contribution in [2.45, 2.75) is 59.5 Å². The molecule has 0 N–H and O–H groups in total. The molecule has 3 aromatic rings. The van der Waals surface area contributed by atoms with Crippen molar-refractivity contribution in [3.05, 3.63) is 59.4 Å². The van der Waals surface area contributed by atoms with Gasteiger partial charge in [-0.05, 0) is 82.8 Å². The predicted octanol–water partition coefficient (Wildman–Crippen LogP) is 7.66. The smallest absolute Gasteiger partial charge is 0.282 e. The fourth-order valence-electron chi connectivity index (χ4n) is 3.25. The molecular weight excluding hydrogens is 630 g/mol. The van der Waals surface area contributed by atoms with Gasteiger partial charge in [0.2, 0.25) is 0 Å². The van der Waals surface area contributed by atoms with E-state index in [1.54, 1.807) is 12.3 Å². The monoisotopic (exact) mass is 655 g/mol. The number of fused-ring (bicyclic) bond motifs is 1. The summed E-state index contributed by atoms with van der Waals surface area (Å²) in [5, 5.41) is 5.09. The van der Waals surface area contributed by atoms with E-state index < -0.39 is 0 Å². The van der Waals surface area contributed by atoms with E-state index in [0.717, 1.165) is 31.8 Å². The molecule has 0 aliphatic rings. The van der Waals surface area contributed by atoms with E-state index in [-0.39, 0.29) is 17.6 Å². The van der Waals surface area contributed by atoms with Crippen LogP contribution < -0.4 is 15.0 Å². The summed E-state index contributed by atoms with van der Waals surface area (Å²) < 4.78 is 15.7. The van der Waals surface area contributed by atoms with Crippen molar-refractivity contribution in [3.63, 3.8) is 0 Å². The van der Waals surface area contributed by atoms with E-state index in [1.807, 2.05) is 39.0 Å². The van der Waals surface area contributed by atoms with Crippen LogP contribution in [0.15, 0.2) is 47.6 Å². The minimum Gasteiger partial charge on any atom is -0.490 e. The van der Waals surface area contributed by atoms with Crippen LogP contribution in [0, 0.1) is 0 Å². The molecular formula is C25H28Br3N3O3. The summed E-state index contributed by atoms with van der Waals surface area (Å²) >= 11 is 10.7. The normalized spacial score (nSPS) is 13.4. The molecule has 0 radical (unpaired) electrons. The van der Waals surface area contributed by atoms with Gasteiger partial charge in [-0.2, -0.15) is 9.78 Å². The average Bonchev–Trinajstić information content (AvgIpc) is 2.83. The van der Waals surface area contributed by atoms with Crippen molar-refractivity contribution in [1.82, 2.24) is 9.66 Å². The lowest BCUT2D eigenvalue weighted by Crippen LogP contribution is -2.23. The summed E-state index contributed by atoms with van der Waals surface area (Å²) in [5.41, 5.74) is 1.18. The molecule has 182 valence electrons. The number of nitrogens with zero attached hydrogens (tertiary/aromatic N) is 3. The summed E-state index contributed by atoms with van der Waals surface area (Å²) in [5.74, 6) is 1.91. The van der Waals surface area contributed by atoms with E-state index in [0.29, 0.717) is 34.8 Å². The van der Waals surface area contributed by atoms with Crippen molar-refractivity contribution in [2.75, 3.05) is 6.61 Å². The number of halogens is 3. The maximum Gasteiger partial charge on any atom is 0.282 e. The Morgan fingerprint density at radius 1 is 1.09 bits per heavy atom. The summed E-state index contributed by atoms with van der Waals surface area (Å²) in [6.07, 6.45) is 3.37. The van der Waals surface area contributed by atoms with Crippen molar-refractivity contribution >= 4 is 64.9 Å². The highest BCUT2D eigenvalue weighted by molar-refractivity contribution is 9.13. The van der Waals surface area contributed by atoms with Gasteiger partial charge in [-0.1, -0.05) is 36.7 Å². The molecule has 0 amide bonds. The highest BCUT2D eigenvalue weighted by Gasteiger charge is 2.20. The van der Waals surface area contributed by atoms with Gasteiger partial charge in [0.15, 0.2) is 11.5 Å². The zero-order chi connectivity index (χ0) is 25.0. The minimum absolute atomic E-state index is 0.0292. The van der Waals surface area contributed by atoms with Crippen molar-refractivity contribution in [2.24, 2.45) is 5.10 Å². The Morgan fingerprint density at radius 3 is 2.47 bits per heavy atom. The molecule has 0 bridgehead atoms. The summed E-state index contributed by atoms with van der Waals surface area (Å²) in [6.45, 7) is 10.6. The molecule has 0 fully saturated rings. The molecule has 2 atom stereocenters. The third-order valence-corrected chi connectivity index (χ3v) is 8.18. The molecule has 0 saturated heterocycles. The van der Waals surface area contributed by atoms with E-state index in [9.17, 15) is 4.79 Å². The van der Waals surface area contributed by atoms with Gasteiger partial charge in [0.25, 0.3) is 5.56 Å². The lowest BCUT2D eigenvalue weighted by Gasteiger charge is -2.19. The van der Waals surface area contributed by atoms with Crippen LogP contribution in [0.4, 0.5) is 0 Å². The van der Waals surface area contributed by atoms with Crippen molar-refractivity contribution in [1.29, 1.82) is 0 Å². The molecule has 1 heterocycles. The van der Waals surface area contributed by atoms with Gasteiger partial charge in [0.1, 0.15) is 5.82 Å². The lowest BCUT2D eigenvalue weighted by molar-refractivity contribution is 0.201. The van der Waals surface area contributed by atoms with Gasteiger partial charge in [-0.15, -0.1) is 0 Å². The van der Waals surface area contributed by atoms with Crippen LogP contribution >= 0.6 is 47.8 Å². The van der Waals surface area contributed by atoms with E-state index in [1.165, 1.54) is 4.68 Å². The first-order valence-corrected chi connectivity index (χ1v) is 13.7. The van der Waals surface area contributed by atoms with Gasteiger partial charge < -0.3 is 9.47 Å².